The molecule has 0 amide bonds. The highest BCUT2D eigenvalue weighted by atomic mass is 32.1. The molecule has 0 bridgehead atoms. The molecule has 0 atom stereocenters. The lowest BCUT2D eigenvalue weighted by Crippen LogP contribution is -1.88. The maximum Gasteiger partial charge on any atom is 0.270 e. The zero-order valence-corrected chi connectivity index (χ0v) is 8.81. The van der Waals surface area contributed by atoms with Crippen molar-refractivity contribution >= 4 is 23.3 Å². The van der Waals surface area contributed by atoms with Gasteiger partial charge in [-0.05, 0) is 0 Å². The highest BCUT2D eigenvalue weighted by Gasteiger charge is 2.09. The fourth-order valence-electron chi connectivity index (χ4n) is 1.23. The van der Waals surface area contributed by atoms with Crippen LogP contribution >= 0.6 is 11.3 Å². The van der Waals surface area contributed by atoms with Gasteiger partial charge >= 0.3 is 0 Å². The Balaban J connectivity index is 2.43. The third-order valence-corrected chi connectivity index (χ3v) is 2.86. The second kappa shape index (κ2) is 4.19. The van der Waals surface area contributed by atoms with E-state index in [2.05, 4.69) is 4.98 Å². The van der Waals surface area contributed by atoms with Crippen molar-refractivity contribution in [1.29, 1.82) is 0 Å². The first-order valence-corrected chi connectivity index (χ1v) is 5.24. The van der Waals surface area contributed by atoms with Gasteiger partial charge in [0, 0.05) is 23.1 Å². The van der Waals surface area contributed by atoms with Crippen LogP contribution in [0.1, 0.15) is 10.5 Å². The minimum absolute atomic E-state index is 0.0142. The van der Waals surface area contributed by atoms with E-state index in [-0.39, 0.29) is 5.69 Å². The summed E-state index contributed by atoms with van der Waals surface area (Å²) in [6.45, 7) is 0. The molecule has 0 fully saturated rings. The molecule has 0 saturated heterocycles. The van der Waals surface area contributed by atoms with E-state index in [0.29, 0.717) is 22.6 Å². The molecule has 6 heteroatoms. The molecule has 0 N–H and O–H groups in total. The van der Waals surface area contributed by atoms with Crippen LogP contribution in [-0.2, 0) is 0 Å². The van der Waals surface area contributed by atoms with Crippen molar-refractivity contribution < 1.29 is 9.72 Å². The number of nitro groups is 1. The lowest BCUT2D eigenvalue weighted by atomic mass is 10.2. The highest BCUT2D eigenvalue weighted by Crippen LogP contribution is 2.26. The van der Waals surface area contributed by atoms with E-state index in [0.717, 1.165) is 0 Å². The third-order valence-electron chi connectivity index (χ3n) is 1.95. The quantitative estimate of drug-likeness (QED) is 0.464. The Labute approximate surface area is 94.5 Å². The fraction of sp³-hybridized carbons (Fsp3) is 0. The first-order chi connectivity index (χ1) is 7.70. The Morgan fingerprint density at radius 3 is 2.88 bits per heavy atom. The second-order valence-electron chi connectivity index (χ2n) is 3.00. The summed E-state index contributed by atoms with van der Waals surface area (Å²) in [5.41, 5.74) is 0.999. The summed E-state index contributed by atoms with van der Waals surface area (Å²) in [5.74, 6) is 0. The van der Waals surface area contributed by atoms with E-state index in [1.165, 1.54) is 23.5 Å². The van der Waals surface area contributed by atoms with Crippen molar-refractivity contribution in [1.82, 2.24) is 4.98 Å². The van der Waals surface area contributed by atoms with Gasteiger partial charge in [-0.3, -0.25) is 14.9 Å². The lowest BCUT2D eigenvalue weighted by Gasteiger charge is -1.95. The van der Waals surface area contributed by atoms with Gasteiger partial charge in [0.05, 0.1) is 4.92 Å². The van der Waals surface area contributed by atoms with Gasteiger partial charge in [-0.15, -0.1) is 11.3 Å². The Kier molecular flexibility index (Phi) is 2.74. The molecule has 0 aliphatic carbocycles. The number of carbonyl (C=O) groups is 1. The van der Waals surface area contributed by atoms with Gasteiger partial charge in [-0.25, -0.2) is 4.98 Å². The Morgan fingerprint density at radius 1 is 1.44 bits per heavy atom. The maximum atomic E-state index is 10.6. The lowest BCUT2D eigenvalue weighted by molar-refractivity contribution is -0.384. The number of hydrogen-bond acceptors (Lipinski definition) is 5. The molecule has 2 aromatic rings. The largest absolute Gasteiger partial charge is 0.296 e. The highest BCUT2D eigenvalue weighted by molar-refractivity contribution is 7.13. The Bertz CT molecular complexity index is 551. The van der Waals surface area contributed by atoms with E-state index in [1.807, 2.05) is 0 Å². The van der Waals surface area contributed by atoms with E-state index in [4.69, 9.17) is 0 Å². The molecular formula is C10H6N2O3S. The van der Waals surface area contributed by atoms with Gasteiger partial charge in [-0.1, -0.05) is 12.1 Å². The van der Waals surface area contributed by atoms with Crippen molar-refractivity contribution in [3.8, 4) is 10.6 Å². The van der Waals surface area contributed by atoms with Crippen LogP contribution in [0.4, 0.5) is 5.69 Å². The minimum Gasteiger partial charge on any atom is -0.296 e. The van der Waals surface area contributed by atoms with Gasteiger partial charge in [0.25, 0.3) is 5.69 Å². The minimum atomic E-state index is -0.461. The predicted octanol–water partition coefficient (Wildman–Crippen LogP) is 2.53. The summed E-state index contributed by atoms with van der Waals surface area (Å²) in [5, 5.41) is 12.8. The normalized spacial score (nSPS) is 10.0. The zero-order chi connectivity index (χ0) is 11.5. The van der Waals surface area contributed by atoms with Crippen LogP contribution in [0.25, 0.3) is 10.6 Å². The number of carbonyl (C=O) groups excluding carboxylic acids is 1. The number of thiazole rings is 1. The van der Waals surface area contributed by atoms with Gasteiger partial charge in [0.2, 0.25) is 0 Å². The van der Waals surface area contributed by atoms with Gasteiger partial charge in [0.15, 0.2) is 6.29 Å². The average molecular weight is 234 g/mol. The number of rotatable bonds is 3. The van der Waals surface area contributed by atoms with Crippen LogP contribution in [0.2, 0.25) is 0 Å². The Morgan fingerprint density at radius 2 is 2.25 bits per heavy atom. The van der Waals surface area contributed by atoms with Crippen LogP contribution in [0, 0.1) is 10.1 Å². The molecular weight excluding hydrogens is 228 g/mol. The van der Waals surface area contributed by atoms with Crippen LogP contribution in [0.15, 0.2) is 29.6 Å². The van der Waals surface area contributed by atoms with Gasteiger partial charge in [-0.2, -0.15) is 0 Å². The van der Waals surface area contributed by atoms with Crippen molar-refractivity contribution in [2.24, 2.45) is 0 Å². The molecule has 0 radical (unpaired) electrons. The number of nitrogens with zero attached hydrogens (tertiary/aromatic N) is 2. The molecule has 0 spiro atoms. The van der Waals surface area contributed by atoms with Gasteiger partial charge in [0.1, 0.15) is 10.7 Å². The summed E-state index contributed by atoms with van der Waals surface area (Å²) in [7, 11) is 0. The molecule has 1 aromatic heterocycles. The smallest absolute Gasteiger partial charge is 0.270 e. The number of nitro benzene ring substituents is 1. The van der Waals surface area contributed by atoms with Crippen molar-refractivity contribution in [2.45, 2.75) is 0 Å². The summed E-state index contributed by atoms with van der Waals surface area (Å²) >= 11 is 1.28. The van der Waals surface area contributed by atoms with Crippen molar-refractivity contribution in [2.75, 3.05) is 0 Å². The molecule has 0 saturated carbocycles. The van der Waals surface area contributed by atoms with Crippen LogP contribution in [-0.4, -0.2) is 16.2 Å². The molecule has 0 aliphatic rings. The summed E-state index contributed by atoms with van der Waals surface area (Å²) in [6.07, 6.45) is 0.650. The summed E-state index contributed by atoms with van der Waals surface area (Å²) < 4.78 is 0. The van der Waals surface area contributed by atoms with E-state index < -0.39 is 4.92 Å². The molecule has 1 heterocycles. The number of aromatic nitrogens is 1. The summed E-state index contributed by atoms with van der Waals surface area (Å²) in [6, 6.07) is 6.17. The number of non-ortho nitro benzene ring substituents is 1. The molecule has 80 valence electrons. The number of hydrogen-bond donors (Lipinski definition) is 0. The molecule has 5 nitrogen and oxygen atoms in total. The number of benzene rings is 1. The van der Waals surface area contributed by atoms with E-state index in [9.17, 15) is 14.9 Å². The van der Waals surface area contributed by atoms with Crippen LogP contribution in [0.5, 0.6) is 0 Å². The molecule has 2 rings (SSSR count). The van der Waals surface area contributed by atoms with Gasteiger partial charge < -0.3 is 0 Å². The first-order valence-electron chi connectivity index (χ1n) is 4.36. The molecule has 1 aromatic carbocycles. The second-order valence-corrected chi connectivity index (χ2v) is 3.86. The topological polar surface area (TPSA) is 73.1 Å². The average Bonchev–Trinajstić information content (AvgIpc) is 2.77. The predicted molar refractivity (Wildman–Crippen MR) is 59.6 cm³/mol. The monoisotopic (exact) mass is 234 g/mol. The van der Waals surface area contributed by atoms with E-state index >= 15 is 0 Å². The maximum absolute atomic E-state index is 10.6. The molecule has 0 unspecified atom stereocenters. The molecule has 0 aliphatic heterocycles. The SMILES string of the molecule is O=Cc1csc(-c2cccc([N+](=O)[O-])c2)n1. The Hall–Kier alpha value is -2.08. The third kappa shape index (κ3) is 1.96. The standard InChI is InChI=1S/C10H6N2O3S/c13-5-8-6-16-10(11-8)7-2-1-3-9(4-7)12(14)15/h1-6H. The zero-order valence-electron chi connectivity index (χ0n) is 7.99. The first kappa shape index (κ1) is 10.4. The van der Waals surface area contributed by atoms with Crippen molar-refractivity contribution in [3.05, 3.63) is 45.5 Å². The fourth-order valence-corrected chi connectivity index (χ4v) is 1.99. The summed E-state index contributed by atoms with van der Waals surface area (Å²) in [4.78, 5) is 24.6. The van der Waals surface area contributed by atoms with E-state index in [1.54, 1.807) is 17.5 Å². The van der Waals surface area contributed by atoms with Crippen LogP contribution in [0.3, 0.4) is 0 Å². The molecule has 16 heavy (non-hydrogen) atoms. The van der Waals surface area contributed by atoms with Crippen LogP contribution < -0.4 is 0 Å². The van der Waals surface area contributed by atoms with Crippen molar-refractivity contribution in [3.63, 3.8) is 0 Å². The number of aldehydes is 1.